The number of carbonyl (C=O) groups excluding carboxylic acids is 1. The molecule has 2 atom stereocenters. The van der Waals surface area contributed by atoms with Gasteiger partial charge in [0, 0.05) is 17.9 Å². The normalized spacial score (nSPS) is 17.6. The topological polar surface area (TPSA) is 66.5 Å². The summed E-state index contributed by atoms with van der Waals surface area (Å²) in [4.78, 5) is 13.2. The predicted molar refractivity (Wildman–Crippen MR) is 130 cm³/mol. The highest BCUT2D eigenvalue weighted by atomic mass is 32.2. The van der Waals surface area contributed by atoms with Gasteiger partial charge in [-0.25, -0.2) is 12.8 Å². The molecule has 0 radical (unpaired) electrons. The molecule has 172 valence electrons. The molecule has 1 aliphatic rings. The maximum atomic E-state index is 14.1. The van der Waals surface area contributed by atoms with E-state index >= 15 is 0 Å². The Kier molecular flexibility index (Phi) is 7.17. The minimum Gasteiger partial charge on any atom is -0.347 e. The number of sulfonamides is 1. The lowest BCUT2D eigenvalue weighted by Crippen LogP contribution is -2.45. The first-order valence-electron chi connectivity index (χ1n) is 10.8. The summed E-state index contributed by atoms with van der Waals surface area (Å²) >= 11 is 1.31. The average molecular weight is 485 g/mol. The van der Waals surface area contributed by atoms with Crippen LogP contribution in [-0.4, -0.2) is 36.3 Å². The summed E-state index contributed by atoms with van der Waals surface area (Å²) < 4.78 is 42.0. The van der Waals surface area contributed by atoms with Gasteiger partial charge in [-0.3, -0.25) is 4.79 Å². The molecule has 0 saturated carbocycles. The van der Waals surface area contributed by atoms with E-state index in [4.69, 9.17) is 0 Å². The third-order valence-electron chi connectivity index (χ3n) is 5.65. The lowest BCUT2D eigenvalue weighted by Gasteiger charge is -2.25. The Labute approximate surface area is 198 Å². The molecule has 0 spiro atoms. The number of halogens is 1. The van der Waals surface area contributed by atoms with Crippen molar-refractivity contribution >= 4 is 27.7 Å². The van der Waals surface area contributed by atoms with Crippen molar-refractivity contribution in [3.8, 4) is 11.1 Å². The fourth-order valence-electron chi connectivity index (χ4n) is 3.89. The third-order valence-corrected chi connectivity index (χ3v) is 8.86. The van der Waals surface area contributed by atoms with E-state index in [0.29, 0.717) is 23.3 Å². The molecule has 3 aromatic carbocycles. The van der Waals surface area contributed by atoms with Gasteiger partial charge >= 0.3 is 0 Å². The van der Waals surface area contributed by atoms with Crippen LogP contribution in [-0.2, 0) is 14.8 Å². The molecule has 1 fully saturated rings. The number of hydrogen-bond acceptors (Lipinski definition) is 4. The molecule has 1 heterocycles. The maximum Gasteiger partial charge on any atom is 0.249 e. The Bertz CT molecular complexity index is 1220. The van der Waals surface area contributed by atoms with Crippen LogP contribution in [0.4, 0.5) is 4.39 Å². The van der Waals surface area contributed by atoms with Crippen LogP contribution in [0.2, 0.25) is 0 Å². The zero-order valence-corrected chi connectivity index (χ0v) is 19.8. The van der Waals surface area contributed by atoms with E-state index in [2.05, 4.69) is 5.32 Å². The number of amides is 1. The van der Waals surface area contributed by atoms with E-state index in [-0.39, 0.29) is 29.2 Å². The van der Waals surface area contributed by atoms with Gasteiger partial charge in [0.25, 0.3) is 0 Å². The second-order valence-corrected chi connectivity index (χ2v) is 10.8. The Morgan fingerprint density at radius 2 is 1.73 bits per heavy atom. The molecule has 1 saturated heterocycles. The molecule has 0 aromatic heterocycles. The summed E-state index contributed by atoms with van der Waals surface area (Å²) in [5.74, 6) is -0.156. The maximum absolute atomic E-state index is 14.1. The SMILES string of the molecule is CC[C@H](NC(=O)[C@@H]1SCCN1S(=O)(=O)c1ccc(-c2ccccc2F)cc1)c1ccccc1. The van der Waals surface area contributed by atoms with Crippen molar-refractivity contribution in [3.05, 3.63) is 90.2 Å². The van der Waals surface area contributed by atoms with E-state index < -0.39 is 15.4 Å². The van der Waals surface area contributed by atoms with Crippen LogP contribution in [0.15, 0.2) is 83.8 Å². The molecular formula is C25H25FN2O3S2. The van der Waals surface area contributed by atoms with E-state index in [1.807, 2.05) is 37.3 Å². The standard InChI is InChI=1S/C25H25FN2O3S2/c1-2-23(19-8-4-3-5-9-19)27-24(29)25-28(16-17-32-25)33(30,31)20-14-12-18(13-15-20)21-10-6-7-11-22(21)26/h3-15,23,25H,2,16-17H2,1H3,(H,27,29)/t23-,25-/m0/s1. The fraction of sp³-hybridized carbons (Fsp3) is 0.240. The number of nitrogens with zero attached hydrogens (tertiary/aromatic N) is 1. The van der Waals surface area contributed by atoms with Gasteiger partial charge in [0.05, 0.1) is 10.9 Å². The highest BCUT2D eigenvalue weighted by Gasteiger charge is 2.40. The molecule has 0 bridgehead atoms. The molecule has 0 aliphatic carbocycles. The minimum atomic E-state index is -3.89. The van der Waals surface area contributed by atoms with Crippen molar-refractivity contribution < 1.29 is 17.6 Å². The molecule has 4 rings (SSSR count). The van der Waals surface area contributed by atoms with E-state index in [9.17, 15) is 17.6 Å². The Morgan fingerprint density at radius 1 is 1.06 bits per heavy atom. The van der Waals surface area contributed by atoms with Crippen LogP contribution >= 0.6 is 11.8 Å². The summed E-state index contributed by atoms with van der Waals surface area (Å²) in [6.45, 7) is 2.23. The van der Waals surface area contributed by atoms with Gasteiger partial charge in [0.1, 0.15) is 11.2 Å². The number of thioether (sulfide) groups is 1. The summed E-state index contributed by atoms with van der Waals surface area (Å²) in [5, 5.41) is 2.17. The van der Waals surface area contributed by atoms with Crippen molar-refractivity contribution in [1.82, 2.24) is 9.62 Å². The monoisotopic (exact) mass is 484 g/mol. The zero-order valence-electron chi connectivity index (χ0n) is 18.1. The molecule has 0 unspecified atom stereocenters. The first-order valence-corrected chi connectivity index (χ1v) is 13.2. The van der Waals surface area contributed by atoms with Gasteiger partial charge in [0.15, 0.2) is 0 Å². The van der Waals surface area contributed by atoms with Gasteiger partial charge in [-0.15, -0.1) is 11.8 Å². The number of nitrogens with one attached hydrogen (secondary N) is 1. The van der Waals surface area contributed by atoms with Gasteiger partial charge in [-0.2, -0.15) is 4.31 Å². The molecule has 33 heavy (non-hydrogen) atoms. The van der Waals surface area contributed by atoms with Gasteiger partial charge in [-0.1, -0.05) is 67.6 Å². The van der Waals surface area contributed by atoms with Gasteiger partial charge in [0.2, 0.25) is 15.9 Å². The summed E-state index contributed by atoms with van der Waals surface area (Å²) in [5.41, 5.74) is 1.97. The molecule has 5 nitrogen and oxygen atoms in total. The summed E-state index contributed by atoms with van der Waals surface area (Å²) in [6.07, 6.45) is 0.692. The second-order valence-electron chi connectivity index (χ2n) is 7.72. The Hall–Kier alpha value is -2.68. The number of carbonyl (C=O) groups is 1. The number of benzene rings is 3. The quantitative estimate of drug-likeness (QED) is 0.522. The van der Waals surface area contributed by atoms with E-state index in [1.165, 1.54) is 34.3 Å². The first-order chi connectivity index (χ1) is 15.9. The molecule has 1 aliphatic heterocycles. The van der Waals surface area contributed by atoms with E-state index in [1.54, 1.807) is 30.3 Å². The van der Waals surface area contributed by atoms with Gasteiger partial charge < -0.3 is 5.32 Å². The minimum absolute atomic E-state index is 0.0815. The van der Waals surface area contributed by atoms with Crippen molar-refractivity contribution in [3.63, 3.8) is 0 Å². The van der Waals surface area contributed by atoms with E-state index in [0.717, 1.165) is 5.56 Å². The van der Waals surface area contributed by atoms with Gasteiger partial charge in [-0.05, 0) is 35.7 Å². The first kappa shape index (κ1) is 23.5. The van der Waals surface area contributed by atoms with Crippen molar-refractivity contribution in [2.24, 2.45) is 0 Å². The average Bonchev–Trinajstić information content (AvgIpc) is 3.35. The largest absolute Gasteiger partial charge is 0.347 e. The highest BCUT2D eigenvalue weighted by molar-refractivity contribution is 8.02. The summed E-state index contributed by atoms with van der Waals surface area (Å²) in [6, 6.07) is 21.9. The second kappa shape index (κ2) is 10.1. The highest BCUT2D eigenvalue weighted by Crippen LogP contribution is 2.32. The third kappa shape index (κ3) is 4.98. The fourth-order valence-corrected chi connectivity index (χ4v) is 6.98. The van der Waals surface area contributed by atoms with Crippen molar-refractivity contribution in [2.75, 3.05) is 12.3 Å². The van der Waals surface area contributed by atoms with Crippen LogP contribution < -0.4 is 5.32 Å². The molecule has 3 aromatic rings. The lowest BCUT2D eigenvalue weighted by atomic mass is 10.0. The van der Waals surface area contributed by atoms with Crippen LogP contribution in [0, 0.1) is 5.82 Å². The van der Waals surface area contributed by atoms with Crippen LogP contribution in [0.5, 0.6) is 0 Å². The molecular weight excluding hydrogens is 459 g/mol. The zero-order chi connectivity index (χ0) is 23.4. The Morgan fingerprint density at radius 3 is 2.39 bits per heavy atom. The summed E-state index contributed by atoms with van der Waals surface area (Å²) in [7, 11) is -3.89. The molecule has 8 heteroatoms. The number of hydrogen-bond donors (Lipinski definition) is 1. The molecule has 1 N–H and O–H groups in total. The van der Waals surface area contributed by atoms with Crippen LogP contribution in [0.25, 0.3) is 11.1 Å². The Balaban J connectivity index is 1.53. The van der Waals surface area contributed by atoms with Crippen molar-refractivity contribution in [2.45, 2.75) is 29.7 Å². The van der Waals surface area contributed by atoms with Crippen LogP contribution in [0.1, 0.15) is 24.9 Å². The van der Waals surface area contributed by atoms with Crippen molar-refractivity contribution in [1.29, 1.82) is 0 Å². The predicted octanol–water partition coefficient (Wildman–Crippen LogP) is 4.82. The van der Waals surface area contributed by atoms with Crippen LogP contribution in [0.3, 0.4) is 0 Å². The molecule has 1 amide bonds. The smallest absolute Gasteiger partial charge is 0.249 e. The number of rotatable bonds is 7. The lowest BCUT2D eigenvalue weighted by molar-refractivity contribution is -0.122.